The molecule has 0 aliphatic heterocycles. The Hall–Kier alpha value is -2.06. The number of ether oxygens (including phenoxy) is 1. The second-order valence-corrected chi connectivity index (χ2v) is 5.97. The second kappa shape index (κ2) is 7.81. The van der Waals surface area contributed by atoms with Gasteiger partial charge >= 0.3 is 0 Å². The molecule has 0 fully saturated rings. The van der Waals surface area contributed by atoms with Gasteiger partial charge in [0.15, 0.2) is 0 Å². The number of hydrogen-bond donors (Lipinski definition) is 1. The van der Waals surface area contributed by atoms with Crippen molar-refractivity contribution in [1.82, 2.24) is 0 Å². The van der Waals surface area contributed by atoms with E-state index in [2.05, 4.69) is 56.3 Å². The van der Waals surface area contributed by atoms with Gasteiger partial charge in [0.25, 0.3) is 0 Å². The van der Waals surface area contributed by atoms with Crippen molar-refractivity contribution in [3.8, 4) is 5.75 Å². The van der Waals surface area contributed by atoms with E-state index in [0.717, 1.165) is 12.2 Å². The second-order valence-electron chi connectivity index (χ2n) is 5.97. The van der Waals surface area contributed by atoms with Crippen LogP contribution in [0.15, 0.2) is 48.5 Å². The largest absolute Gasteiger partial charge is 0.489 e. The topological polar surface area (TPSA) is 35.2 Å². The number of nitrogens with two attached hydrogens (primary N) is 1. The van der Waals surface area contributed by atoms with Crippen LogP contribution in [0, 0.1) is 13.8 Å². The van der Waals surface area contributed by atoms with Gasteiger partial charge in [0.05, 0.1) is 0 Å². The van der Waals surface area contributed by atoms with Crippen molar-refractivity contribution in [2.24, 2.45) is 5.73 Å². The quantitative estimate of drug-likeness (QED) is 0.843. The first-order chi connectivity index (χ1) is 10.5. The molecule has 0 bridgehead atoms. The molecule has 0 spiro atoms. The smallest absolute Gasteiger partial charge is 0.119 e. The summed E-state index contributed by atoms with van der Waals surface area (Å²) in [5, 5.41) is 0. The van der Waals surface area contributed by atoms with E-state index >= 15 is 0 Å². The summed E-state index contributed by atoms with van der Waals surface area (Å²) in [4.78, 5) is 0. The molecule has 1 atom stereocenters. The molecule has 2 nitrogen and oxygen atoms in total. The Morgan fingerprint density at radius 3 is 2.27 bits per heavy atom. The van der Waals surface area contributed by atoms with E-state index in [1.54, 1.807) is 0 Å². The summed E-state index contributed by atoms with van der Waals surface area (Å²) < 4.78 is 5.86. The van der Waals surface area contributed by atoms with E-state index in [-0.39, 0.29) is 6.04 Å². The molecule has 0 saturated heterocycles. The predicted molar refractivity (Wildman–Crippen MR) is 94.0 cm³/mol. The maximum Gasteiger partial charge on any atom is 0.119 e. The van der Waals surface area contributed by atoms with Crippen LogP contribution < -0.4 is 10.5 Å². The number of rotatable bonds is 6. The summed E-state index contributed by atoms with van der Waals surface area (Å²) in [5.41, 5.74) is 10.6. The summed E-state index contributed by atoms with van der Waals surface area (Å²) >= 11 is 0. The van der Waals surface area contributed by atoms with Gasteiger partial charge in [0.1, 0.15) is 12.4 Å². The molecule has 2 aromatic rings. The zero-order chi connectivity index (χ0) is 15.9. The number of aryl methyl sites for hydroxylation is 2. The molecular formula is C20H25NO. The van der Waals surface area contributed by atoms with Gasteiger partial charge in [0.2, 0.25) is 0 Å². The third-order valence-electron chi connectivity index (χ3n) is 3.39. The van der Waals surface area contributed by atoms with Gasteiger partial charge in [-0.25, -0.2) is 0 Å². The lowest BCUT2D eigenvalue weighted by molar-refractivity contribution is 0.306. The molecule has 0 radical (unpaired) electrons. The van der Waals surface area contributed by atoms with Gasteiger partial charge in [-0.15, -0.1) is 0 Å². The number of benzene rings is 2. The van der Waals surface area contributed by atoms with Crippen molar-refractivity contribution in [3.05, 3.63) is 70.8 Å². The summed E-state index contributed by atoms with van der Waals surface area (Å²) in [5.74, 6) is 0.892. The van der Waals surface area contributed by atoms with Crippen LogP contribution >= 0.6 is 0 Å². The Morgan fingerprint density at radius 1 is 1.05 bits per heavy atom. The molecule has 0 aromatic heterocycles. The Balaban J connectivity index is 1.92. The lowest BCUT2D eigenvalue weighted by Gasteiger charge is -2.08. The lowest BCUT2D eigenvalue weighted by atomic mass is 10.1. The van der Waals surface area contributed by atoms with Crippen LogP contribution in [0.3, 0.4) is 0 Å². The van der Waals surface area contributed by atoms with Crippen LogP contribution in [0.25, 0.3) is 6.08 Å². The molecule has 1 unspecified atom stereocenters. The normalized spacial score (nSPS) is 12.5. The first kappa shape index (κ1) is 16.3. The molecular weight excluding hydrogens is 270 g/mol. The Kier molecular flexibility index (Phi) is 5.79. The minimum atomic E-state index is 0.205. The van der Waals surface area contributed by atoms with E-state index in [1.165, 1.54) is 22.3 Å². The van der Waals surface area contributed by atoms with Gasteiger partial charge < -0.3 is 10.5 Å². The molecule has 0 aliphatic rings. The van der Waals surface area contributed by atoms with Crippen molar-refractivity contribution in [3.63, 3.8) is 0 Å². The maximum atomic E-state index is 5.86. The highest BCUT2D eigenvalue weighted by atomic mass is 16.5. The van der Waals surface area contributed by atoms with Crippen molar-refractivity contribution >= 4 is 6.08 Å². The number of hydrogen-bond acceptors (Lipinski definition) is 2. The molecule has 2 N–H and O–H groups in total. The van der Waals surface area contributed by atoms with E-state index < -0.39 is 0 Å². The fraction of sp³-hybridized carbons (Fsp3) is 0.300. The maximum absolute atomic E-state index is 5.86. The molecule has 2 heteroatoms. The molecule has 116 valence electrons. The van der Waals surface area contributed by atoms with Crippen molar-refractivity contribution in [2.75, 3.05) is 0 Å². The van der Waals surface area contributed by atoms with Crippen molar-refractivity contribution in [1.29, 1.82) is 0 Å². The average Bonchev–Trinajstić information content (AvgIpc) is 2.45. The zero-order valence-corrected chi connectivity index (χ0v) is 13.7. The monoisotopic (exact) mass is 295 g/mol. The molecule has 0 amide bonds. The fourth-order valence-corrected chi connectivity index (χ4v) is 2.41. The predicted octanol–water partition coefficient (Wildman–Crippen LogP) is 4.63. The van der Waals surface area contributed by atoms with E-state index in [1.807, 2.05) is 19.1 Å². The van der Waals surface area contributed by atoms with Crippen LogP contribution in [0.5, 0.6) is 5.75 Å². The first-order valence-corrected chi connectivity index (χ1v) is 7.75. The van der Waals surface area contributed by atoms with Gasteiger partial charge in [-0.2, -0.15) is 0 Å². The van der Waals surface area contributed by atoms with Crippen LogP contribution in [-0.4, -0.2) is 6.04 Å². The van der Waals surface area contributed by atoms with E-state index in [4.69, 9.17) is 10.5 Å². The Labute approximate surface area is 133 Å². The average molecular weight is 295 g/mol. The Bertz CT molecular complexity index is 606. The minimum Gasteiger partial charge on any atom is -0.489 e. The third kappa shape index (κ3) is 5.38. The summed E-state index contributed by atoms with van der Waals surface area (Å²) in [6, 6.07) is 14.9. The highest BCUT2D eigenvalue weighted by Gasteiger charge is 1.99. The molecule has 0 aliphatic carbocycles. The van der Waals surface area contributed by atoms with Crippen LogP contribution in [0.1, 0.15) is 35.6 Å². The van der Waals surface area contributed by atoms with Crippen LogP contribution in [0.2, 0.25) is 0 Å². The third-order valence-corrected chi connectivity index (χ3v) is 3.39. The standard InChI is InChI=1S/C20H25NO/c1-15-11-16(2)13-19(12-15)14-22-20-9-7-18(8-10-20)6-4-5-17(3)21/h4,6-13,17H,5,14,21H2,1-3H3. The summed E-state index contributed by atoms with van der Waals surface area (Å²) in [6.45, 7) is 6.83. The lowest BCUT2D eigenvalue weighted by Crippen LogP contribution is -2.12. The molecule has 22 heavy (non-hydrogen) atoms. The van der Waals surface area contributed by atoms with E-state index in [0.29, 0.717) is 6.61 Å². The van der Waals surface area contributed by atoms with Crippen molar-refractivity contribution in [2.45, 2.75) is 39.8 Å². The molecule has 0 saturated carbocycles. The van der Waals surface area contributed by atoms with Gasteiger partial charge in [-0.05, 0) is 50.5 Å². The molecule has 0 heterocycles. The first-order valence-electron chi connectivity index (χ1n) is 7.75. The highest BCUT2D eigenvalue weighted by molar-refractivity contribution is 5.50. The Morgan fingerprint density at radius 2 is 1.68 bits per heavy atom. The molecule has 2 aromatic carbocycles. The van der Waals surface area contributed by atoms with Crippen molar-refractivity contribution < 1.29 is 4.74 Å². The van der Waals surface area contributed by atoms with Gasteiger partial charge in [-0.3, -0.25) is 0 Å². The van der Waals surface area contributed by atoms with Crippen LogP contribution in [-0.2, 0) is 6.61 Å². The highest BCUT2D eigenvalue weighted by Crippen LogP contribution is 2.16. The zero-order valence-electron chi connectivity index (χ0n) is 13.7. The SMILES string of the molecule is Cc1cc(C)cc(COc2ccc(C=CCC(C)N)cc2)c1. The fourth-order valence-electron chi connectivity index (χ4n) is 2.41. The summed E-state index contributed by atoms with van der Waals surface area (Å²) in [6.07, 6.45) is 5.10. The minimum absolute atomic E-state index is 0.205. The van der Waals surface area contributed by atoms with Gasteiger partial charge in [-0.1, -0.05) is 53.6 Å². The van der Waals surface area contributed by atoms with Crippen LogP contribution in [0.4, 0.5) is 0 Å². The van der Waals surface area contributed by atoms with E-state index in [9.17, 15) is 0 Å². The summed E-state index contributed by atoms with van der Waals surface area (Å²) in [7, 11) is 0. The molecule has 2 rings (SSSR count). The van der Waals surface area contributed by atoms with Gasteiger partial charge in [0, 0.05) is 6.04 Å².